The Morgan fingerprint density at radius 3 is 2.43 bits per heavy atom. The summed E-state index contributed by atoms with van der Waals surface area (Å²) >= 11 is 0. The Bertz CT molecular complexity index is 1460. The zero-order valence-corrected chi connectivity index (χ0v) is 22.8. The molecule has 3 N–H and O–H groups in total. The molecule has 2 fully saturated rings. The summed E-state index contributed by atoms with van der Waals surface area (Å²) in [5.41, 5.74) is -0.404. The molecule has 5 rings (SSSR count). The molecule has 3 heterocycles. The Morgan fingerprint density at radius 2 is 1.74 bits per heavy atom. The molecule has 3 aromatic rings. The van der Waals surface area contributed by atoms with Gasteiger partial charge in [-0.25, -0.2) is 14.2 Å². The highest BCUT2D eigenvalue weighted by Gasteiger charge is 2.32. The van der Waals surface area contributed by atoms with E-state index in [1.807, 2.05) is 7.05 Å². The summed E-state index contributed by atoms with van der Waals surface area (Å²) in [4.78, 5) is 35.1. The number of nitrogens with one attached hydrogen (secondary N) is 3. The number of ketones is 1. The first kappa shape index (κ1) is 29.2. The molecule has 1 aliphatic heterocycles. The number of hydrogen-bond donors (Lipinski definition) is 3. The topological polar surface area (TPSA) is 108 Å². The molecule has 1 aliphatic carbocycles. The molecule has 0 bridgehead atoms. The van der Waals surface area contributed by atoms with E-state index < -0.39 is 23.6 Å². The van der Waals surface area contributed by atoms with Crippen LogP contribution in [-0.2, 0) is 17.4 Å². The molecule has 0 atom stereocenters. The second kappa shape index (κ2) is 12.3. The molecule has 0 spiro atoms. The minimum Gasteiger partial charge on any atom is -0.454 e. The van der Waals surface area contributed by atoms with Gasteiger partial charge in [-0.3, -0.25) is 15.1 Å². The van der Waals surface area contributed by atoms with Crippen molar-refractivity contribution in [2.24, 2.45) is 5.92 Å². The SMILES string of the molecule is CN1CCC(Nc2cc(C(F)(F)F)cc(NC(=O)Nc3ccc(Oc4ccnc(CC(=O)C5CC5)c4)c(F)c3)n2)CC1. The van der Waals surface area contributed by atoms with Crippen molar-refractivity contribution in [3.8, 4) is 11.5 Å². The molecule has 0 radical (unpaired) electrons. The van der Waals surface area contributed by atoms with Gasteiger partial charge in [-0.15, -0.1) is 0 Å². The molecule has 2 aromatic heterocycles. The number of aromatic nitrogens is 2. The van der Waals surface area contributed by atoms with Crippen molar-refractivity contribution in [3.05, 3.63) is 65.7 Å². The maximum atomic E-state index is 14.8. The van der Waals surface area contributed by atoms with Crippen LogP contribution in [0.2, 0.25) is 0 Å². The summed E-state index contributed by atoms with van der Waals surface area (Å²) in [7, 11) is 1.98. The van der Waals surface area contributed by atoms with Gasteiger partial charge in [0, 0.05) is 42.4 Å². The number of urea groups is 1. The molecule has 222 valence electrons. The lowest BCUT2D eigenvalue weighted by Gasteiger charge is -2.30. The number of carbonyl (C=O) groups is 2. The number of piperidine rings is 1. The highest BCUT2D eigenvalue weighted by molar-refractivity contribution is 5.99. The average Bonchev–Trinajstić information content (AvgIpc) is 3.77. The van der Waals surface area contributed by atoms with Gasteiger partial charge in [0.25, 0.3) is 0 Å². The van der Waals surface area contributed by atoms with E-state index in [1.54, 1.807) is 6.07 Å². The number of nitrogens with zero attached hydrogens (tertiary/aromatic N) is 3. The van der Waals surface area contributed by atoms with Crippen molar-refractivity contribution < 1.29 is 31.9 Å². The Hall–Kier alpha value is -4.26. The summed E-state index contributed by atoms with van der Waals surface area (Å²) in [6.45, 7) is 1.60. The fraction of sp³-hybridized carbons (Fsp3) is 0.379. The number of ether oxygens (including phenoxy) is 1. The van der Waals surface area contributed by atoms with E-state index in [0.717, 1.165) is 57.0 Å². The van der Waals surface area contributed by atoms with Gasteiger partial charge in [0.1, 0.15) is 23.2 Å². The van der Waals surface area contributed by atoms with Gasteiger partial charge >= 0.3 is 12.2 Å². The standard InChI is InChI=1S/C29H30F4N6O3/c1-39-10-7-19(8-11-39)35-26-12-18(29(31,32)33)13-27(37-26)38-28(41)36-20-4-5-25(23(30)15-20)42-22-6-9-34-21(14-22)16-24(40)17-2-3-17/h4-6,9,12-15,17,19H,2-3,7-8,10-11,16H2,1H3,(H3,35,36,37,38,41). The van der Waals surface area contributed by atoms with Crippen molar-refractivity contribution in [1.29, 1.82) is 0 Å². The van der Waals surface area contributed by atoms with Crippen LogP contribution in [0.3, 0.4) is 0 Å². The molecule has 1 saturated carbocycles. The molecule has 2 amide bonds. The lowest BCUT2D eigenvalue weighted by molar-refractivity contribution is -0.137. The van der Waals surface area contributed by atoms with Crippen LogP contribution >= 0.6 is 0 Å². The molecule has 1 aromatic carbocycles. The predicted molar refractivity (Wildman–Crippen MR) is 148 cm³/mol. The molecular formula is C29H30F4N6O3. The van der Waals surface area contributed by atoms with Crippen LogP contribution in [0.15, 0.2) is 48.7 Å². The minimum atomic E-state index is -4.65. The molecule has 9 nitrogen and oxygen atoms in total. The predicted octanol–water partition coefficient (Wildman–Crippen LogP) is 6.10. The number of likely N-dealkylation sites (tertiary alicyclic amines) is 1. The summed E-state index contributed by atoms with van der Waals surface area (Å²) in [5.74, 6) is -0.730. The van der Waals surface area contributed by atoms with E-state index in [4.69, 9.17) is 4.74 Å². The van der Waals surface area contributed by atoms with Crippen LogP contribution in [0.5, 0.6) is 11.5 Å². The van der Waals surface area contributed by atoms with Gasteiger partial charge in [-0.05, 0) is 76.2 Å². The first-order valence-electron chi connectivity index (χ1n) is 13.6. The number of Topliss-reactive ketones (excluding diaryl/α,β-unsaturated/α-hetero) is 1. The Morgan fingerprint density at radius 1 is 1.00 bits per heavy atom. The fourth-order valence-corrected chi connectivity index (χ4v) is 4.61. The van der Waals surface area contributed by atoms with E-state index in [-0.39, 0.29) is 47.2 Å². The van der Waals surface area contributed by atoms with E-state index >= 15 is 0 Å². The van der Waals surface area contributed by atoms with E-state index in [0.29, 0.717) is 11.4 Å². The number of rotatable bonds is 9. The largest absolute Gasteiger partial charge is 0.454 e. The van der Waals surface area contributed by atoms with Crippen molar-refractivity contribution in [2.75, 3.05) is 36.1 Å². The van der Waals surface area contributed by atoms with Crippen LogP contribution < -0.4 is 20.7 Å². The van der Waals surface area contributed by atoms with Crippen LogP contribution in [0.4, 0.5) is 39.7 Å². The van der Waals surface area contributed by atoms with Gasteiger partial charge in [0.2, 0.25) is 0 Å². The minimum absolute atomic E-state index is 0.00148. The fourth-order valence-electron chi connectivity index (χ4n) is 4.61. The lowest BCUT2D eigenvalue weighted by Crippen LogP contribution is -2.37. The zero-order valence-electron chi connectivity index (χ0n) is 22.8. The summed E-state index contributed by atoms with van der Waals surface area (Å²) in [6, 6.07) is 7.48. The van der Waals surface area contributed by atoms with Crippen molar-refractivity contribution >= 4 is 29.1 Å². The molecule has 2 aliphatic rings. The maximum absolute atomic E-state index is 14.8. The number of carbonyl (C=O) groups excluding carboxylic acids is 2. The first-order chi connectivity index (χ1) is 20.0. The molecule has 42 heavy (non-hydrogen) atoms. The number of hydrogen-bond acceptors (Lipinski definition) is 7. The van der Waals surface area contributed by atoms with E-state index in [1.165, 1.54) is 24.4 Å². The summed E-state index contributed by atoms with van der Waals surface area (Å²) in [5, 5.41) is 7.73. The Kier molecular flexibility index (Phi) is 8.57. The highest BCUT2D eigenvalue weighted by Crippen LogP contribution is 2.33. The van der Waals surface area contributed by atoms with E-state index in [2.05, 4.69) is 30.8 Å². The molecule has 13 heteroatoms. The quantitative estimate of drug-likeness (QED) is 0.260. The number of alkyl halides is 3. The summed E-state index contributed by atoms with van der Waals surface area (Å²) in [6.07, 6.45) is 0.271. The zero-order chi connectivity index (χ0) is 29.9. The second-order valence-corrected chi connectivity index (χ2v) is 10.6. The molecule has 0 unspecified atom stereocenters. The second-order valence-electron chi connectivity index (χ2n) is 10.6. The van der Waals surface area contributed by atoms with Gasteiger partial charge in [-0.1, -0.05) is 0 Å². The highest BCUT2D eigenvalue weighted by atomic mass is 19.4. The van der Waals surface area contributed by atoms with Crippen LogP contribution in [0.1, 0.15) is 36.9 Å². The normalized spacial score (nSPS) is 16.1. The van der Waals surface area contributed by atoms with Gasteiger partial charge in [-0.2, -0.15) is 13.2 Å². The van der Waals surface area contributed by atoms with Gasteiger partial charge in [0.15, 0.2) is 11.6 Å². The van der Waals surface area contributed by atoms with Crippen LogP contribution in [0.25, 0.3) is 0 Å². The number of amides is 2. The maximum Gasteiger partial charge on any atom is 0.416 e. The third-order valence-electron chi connectivity index (χ3n) is 7.06. The number of anilines is 3. The van der Waals surface area contributed by atoms with Crippen molar-refractivity contribution in [1.82, 2.24) is 14.9 Å². The smallest absolute Gasteiger partial charge is 0.416 e. The average molecular weight is 587 g/mol. The van der Waals surface area contributed by atoms with Crippen molar-refractivity contribution in [3.63, 3.8) is 0 Å². The van der Waals surface area contributed by atoms with Gasteiger partial charge < -0.3 is 20.3 Å². The third kappa shape index (κ3) is 7.93. The van der Waals surface area contributed by atoms with Crippen LogP contribution in [0, 0.1) is 11.7 Å². The monoisotopic (exact) mass is 586 g/mol. The number of benzene rings is 1. The van der Waals surface area contributed by atoms with Crippen LogP contribution in [-0.4, -0.2) is 52.9 Å². The number of pyridine rings is 2. The number of halogens is 4. The Labute approximate surface area is 239 Å². The third-order valence-corrected chi connectivity index (χ3v) is 7.06. The Balaban J connectivity index is 1.22. The van der Waals surface area contributed by atoms with Gasteiger partial charge in [0.05, 0.1) is 11.3 Å². The van der Waals surface area contributed by atoms with E-state index in [9.17, 15) is 27.2 Å². The van der Waals surface area contributed by atoms with Crippen molar-refractivity contribution in [2.45, 2.75) is 44.3 Å². The first-order valence-corrected chi connectivity index (χ1v) is 13.6. The molecular weight excluding hydrogens is 556 g/mol. The summed E-state index contributed by atoms with van der Waals surface area (Å²) < 4.78 is 61.1. The lowest BCUT2D eigenvalue weighted by atomic mass is 10.1. The molecule has 1 saturated heterocycles.